The highest BCUT2D eigenvalue weighted by atomic mass is 16.6. The van der Waals surface area contributed by atoms with Gasteiger partial charge in [-0.3, -0.25) is 14.4 Å². The van der Waals surface area contributed by atoms with Crippen LogP contribution in [0.3, 0.4) is 0 Å². The number of ether oxygens (including phenoxy) is 2. The van der Waals surface area contributed by atoms with Gasteiger partial charge >= 0.3 is 5.97 Å². The lowest BCUT2D eigenvalue weighted by Gasteiger charge is -2.35. The molecule has 1 aromatic rings. The minimum atomic E-state index is -1.10. The number of carbonyl (C=O) groups is 3. The maximum atomic E-state index is 13.6. The van der Waals surface area contributed by atoms with E-state index in [1.807, 2.05) is 37.3 Å². The largest absolute Gasteiger partial charge is 0.466 e. The predicted octanol–water partition coefficient (Wildman–Crippen LogP) is 1.01. The average Bonchev–Trinajstić information content (AvgIpc) is 3.33. The molecule has 8 heteroatoms. The van der Waals surface area contributed by atoms with E-state index >= 15 is 0 Å². The third-order valence-electron chi connectivity index (χ3n) is 7.05. The van der Waals surface area contributed by atoms with Gasteiger partial charge in [0, 0.05) is 6.54 Å². The Morgan fingerprint density at radius 1 is 1.32 bits per heavy atom. The number of nitrogens with zero attached hydrogens (tertiary/aromatic N) is 1. The van der Waals surface area contributed by atoms with Gasteiger partial charge in [-0.2, -0.15) is 0 Å². The van der Waals surface area contributed by atoms with Gasteiger partial charge in [0.1, 0.15) is 17.6 Å². The van der Waals surface area contributed by atoms with Crippen molar-refractivity contribution in [2.45, 2.75) is 63.4 Å². The molecule has 6 atom stereocenters. The summed E-state index contributed by atoms with van der Waals surface area (Å²) in [6.07, 6.45) is 1.05. The van der Waals surface area contributed by atoms with Crippen molar-refractivity contribution in [3.8, 4) is 0 Å². The number of nitrogens with one attached hydrogen (secondary N) is 1. The van der Waals surface area contributed by atoms with Gasteiger partial charge in [-0.1, -0.05) is 30.3 Å². The zero-order chi connectivity index (χ0) is 22.4. The van der Waals surface area contributed by atoms with E-state index in [1.54, 1.807) is 13.8 Å². The zero-order valence-corrected chi connectivity index (χ0v) is 18.2. The molecular weight excluding hydrogens is 400 g/mol. The molecule has 3 saturated heterocycles. The molecule has 8 nitrogen and oxygen atoms in total. The van der Waals surface area contributed by atoms with E-state index in [0.29, 0.717) is 19.4 Å². The standard InChI is InChI=1S/C23H30N2O6/c1-4-30-21(29)17-16-20(28)25(14(2)13-26)18(23(16)11-10-22(17,3)31-23)19(27)24-12-15-8-6-5-7-9-15/h5-9,14,16-18,26H,4,10-13H2,1-3H3,(H,24,27)/t14-,16+,17+,18?,22-,23?/m1/s1. The Bertz CT molecular complexity index is 876. The summed E-state index contributed by atoms with van der Waals surface area (Å²) in [7, 11) is 0. The number of benzene rings is 1. The van der Waals surface area contributed by atoms with E-state index in [9.17, 15) is 19.5 Å². The number of hydrogen-bond donors (Lipinski definition) is 2. The molecule has 2 bridgehead atoms. The fourth-order valence-corrected chi connectivity index (χ4v) is 5.70. The molecule has 3 heterocycles. The summed E-state index contributed by atoms with van der Waals surface area (Å²) in [5.74, 6) is -2.70. The maximum absolute atomic E-state index is 13.6. The van der Waals surface area contributed by atoms with Crippen LogP contribution in [-0.2, 0) is 30.4 Å². The summed E-state index contributed by atoms with van der Waals surface area (Å²) >= 11 is 0. The number of rotatable bonds is 7. The molecule has 0 aromatic heterocycles. The minimum Gasteiger partial charge on any atom is -0.466 e. The quantitative estimate of drug-likeness (QED) is 0.626. The highest BCUT2D eigenvalue weighted by Crippen LogP contribution is 2.63. The molecule has 0 saturated carbocycles. The second kappa shape index (κ2) is 7.91. The zero-order valence-electron chi connectivity index (χ0n) is 18.2. The Labute approximate surface area is 181 Å². The van der Waals surface area contributed by atoms with Crippen molar-refractivity contribution < 1.29 is 29.0 Å². The number of amides is 2. The highest BCUT2D eigenvalue weighted by molar-refractivity contribution is 5.98. The average molecular weight is 431 g/mol. The van der Waals surface area contributed by atoms with Crippen LogP contribution in [0.5, 0.6) is 0 Å². The van der Waals surface area contributed by atoms with Gasteiger partial charge in [-0.25, -0.2) is 0 Å². The maximum Gasteiger partial charge on any atom is 0.312 e. The molecule has 0 radical (unpaired) electrons. The SMILES string of the molecule is CCOC(=O)[C@@H]1[C@H]2C(=O)N([C@H](C)CO)C(C(=O)NCc3ccccc3)C23CC[C@@]1(C)O3. The summed E-state index contributed by atoms with van der Waals surface area (Å²) < 4.78 is 11.7. The summed E-state index contributed by atoms with van der Waals surface area (Å²) in [6, 6.07) is 7.99. The molecule has 1 aromatic carbocycles. The van der Waals surface area contributed by atoms with E-state index < -0.39 is 41.1 Å². The van der Waals surface area contributed by atoms with Crippen molar-refractivity contribution in [1.29, 1.82) is 0 Å². The Balaban J connectivity index is 1.68. The number of carbonyl (C=O) groups excluding carboxylic acids is 3. The number of likely N-dealkylation sites (tertiary alicyclic amines) is 1. The lowest BCUT2D eigenvalue weighted by Crippen LogP contribution is -2.57. The number of aliphatic hydroxyl groups excluding tert-OH is 1. The van der Waals surface area contributed by atoms with Crippen molar-refractivity contribution in [2.75, 3.05) is 13.2 Å². The van der Waals surface area contributed by atoms with E-state index in [1.165, 1.54) is 4.90 Å². The van der Waals surface area contributed by atoms with Crippen molar-refractivity contribution in [3.63, 3.8) is 0 Å². The number of esters is 1. The van der Waals surface area contributed by atoms with E-state index in [2.05, 4.69) is 5.32 Å². The molecule has 2 N–H and O–H groups in total. The fourth-order valence-electron chi connectivity index (χ4n) is 5.70. The van der Waals surface area contributed by atoms with Crippen LogP contribution in [0.2, 0.25) is 0 Å². The normalized spacial score (nSPS) is 34.5. The van der Waals surface area contributed by atoms with Crippen LogP contribution in [0.1, 0.15) is 39.2 Å². The van der Waals surface area contributed by atoms with Crippen LogP contribution >= 0.6 is 0 Å². The van der Waals surface area contributed by atoms with Crippen LogP contribution in [-0.4, -0.2) is 64.3 Å². The first-order valence-corrected chi connectivity index (χ1v) is 10.9. The first kappa shape index (κ1) is 21.8. The van der Waals surface area contributed by atoms with Crippen LogP contribution in [0.4, 0.5) is 0 Å². The van der Waals surface area contributed by atoms with Crippen LogP contribution in [0.25, 0.3) is 0 Å². The summed E-state index contributed by atoms with van der Waals surface area (Å²) in [6.45, 7) is 5.47. The summed E-state index contributed by atoms with van der Waals surface area (Å²) in [5, 5.41) is 12.7. The van der Waals surface area contributed by atoms with Gasteiger partial charge in [0.05, 0.1) is 30.8 Å². The summed E-state index contributed by atoms with van der Waals surface area (Å²) in [5.41, 5.74) is -1.02. The highest BCUT2D eigenvalue weighted by Gasteiger charge is 2.78. The Hall–Kier alpha value is -2.45. The van der Waals surface area contributed by atoms with Crippen molar-refractivity contribution in [3.05, 3.63) is 35.9 Å². The van der Waals surface area contributed by atoms with Crippen LogP contribution < -0.4 is 5.32 Å². The molecule has 2 amide bonds. The van der Waals surface area contributed by atoms with Gasteiger partial charge < -0.3 is 24.8 Å². The Morgan fingerprint density at radius 2 is 2.03 bits per heavy atom. The smallest absolute Gasteiger partial charge is 0.312 e. The lowest BCUT2D eigenvalue weighted by molar-refractivity contribution is -0.160. The number of fused-ring (bicyclic) bond motifs is 1. The molecule has 2 unspecified atom stereocenters. The van der Waals surface area contributed by atoms with Gasteiger partial charge in [0.2, 0.25) is 11.8 Å². The molecule has 168 valence electrons. The van der Waals surface area contributed by atoms with Crippen molar-refractivity contribution in [1.82, 2.24) is 10.2 Å². The molecule has 1 spiro atoms. The Kier molecular flexibility index (Phi) is 5.55. The van der Waals surface area contributed by atoms with Gasteiger partial charge in [-0.05, 0) is 39.2 Å². The monoisotopic (exact) mass is 430 g/mol. The fraction of sp³-hybridized carbons (Fsp3) is 0.609. The molecule has 4 rings (SSSR count). The summed E-state index contributed by atoms with van der Waals surface area (Å²) in [4.78, 5) is 41.3. The van der Waals surface area contributed by atoms with Crippen LogP contribution in [0, 0.1) is 11.8 Å². The van der Waals surface area contributed by atoms with Crippen LogP contribution in [0.15, 0.2) is 30.3 Å². The Morgan fingerprint density at radius 3 is 2.68 bits per heavy atom. The molecule has 3 aliphatic heterocycles. The second-order valence-corrected chi connectivity index (χ2v) is 8.96. The topological polar surface area (TPSA) is 105 Å². The third-order valence-corrected chi connectivity index (χ3v) is 7.05. The molecular formula is C23H30N2O6. The van der Waals surface area contributed by atoms with Crippen molar-refractivity contribution in [2.24, 2.45) is 11.8 Å². The third kappa shape index (κ3) is 3.24. The molecule has 3 fully saturated rings. The predicted molar refractivity (Wildman–Crippen MR) is 111 cm³/mol. The first-order chi connectivity index (χ1) is 14.8. The molecule has 31 heavy (non-hydrogen) atoms. The number of hydrogen-bond acceptors (Lipinski definition) is 6. The van der Waals surface area contributed by atoms with Gasteiger partial charge in [0.25, 0.3) is 0 Å². The van der Waals surface area contributed by atoms with E-state index in [0.717, 1.165) is 5.56 Å². The molecule has 0 aliphatic carbocycles. The van der Waals surface area contributed by atoms with Gasteiger partial charge in [-0.15, -0.1) is 0 Å². The van der Waals surface area contributed by atoms with Gasteiger partial charge in [0.15, 0.2) is 0 Å². The first-order valence-electron chi connectivity index (χ1n) is 10.9. The second-order valence-electron chi connectivity index (χ2n) is 8.96. The van der Waals surface area contributed by atoms with E-state index in [-0.39, 0.29) is 25.0 Å². The molecule has 3 aliphatic rings. The van der Waals surface area contributed by atoms with Crippen molar-refractivity contribution >= 4 is 17.8 Å². The number of aliphatic hydroxyl groups is 1. The van der Waals surface area contributed by atoms with E-state index in [4.69, 9.17) is 9.47 Å². The lowest BCUT2D eigenvalue weighted by atomic mass is 9.66. The minimum absolute atomic E-state index is 0.205.